The third-order valence-corrected chi connectivity index (χ3v) is 4.54. The average molecular weight is 431 g/mol. The van der Waals surface area contributed by atoms with Gasteiger partial charge in [-0.1, -0.05) is 23.9 Å². The predicted molar refractivity (Wildman–Crippen MR) is 112 cm³/mol. The fourth-order valence-corrected chi connectivity index (χ4v) is 3.04. The number of nitrogens with zero attached hydrogens (tertiary/aromatic N) is 1. The molecule has 0 saturated heterocycles. The minimum Gasteiger partial charge on any atom is -0.506 e. The van der Waals surface area contributed by atoms with Crippen LogP contribution >= 0.6 is 11.6 Å². The summed E-state index contributed by atoms with van der Waals surface area (Å²) >= 11 is 5.93. The van der Waals surface area contributed by atoms with E-state index in [2.05, 4.69) is 16.8 Å². The van der Waals surface area contributed by atoms with Crippen LogP contribution in [0.5, 0.6) is 11.5 Å². The Bertz CT molecular complexity index is 900. The Hall–Kier alpha value is -3.24. The molecule has 0 radical (unpaired) electrons. The molecule has 0 unspecified atom stereocenters. The number of benzene rings is 1. The van der Waals surface area contributed by atoms with Crippen molar-refractivity contribution < 1.29 is 24.5 Å². The van der Waals surface area contributed by atoms with E-state index >= 15 is 0 Å². The summed E-state index contributed by atoms with van der Waals surface area (Å²) in [5.41, 5.74) is 0.201. The van der Waals surface area contributed by atoms with E-state index in [0.717, 1.165) is 31.4 Å². The van der Waals surface area contributed by atoms with Crippen LogP contribution in [0.4, 0.5) is 0 Å². The fraction of sp³-hybridized carbons (Fsp3) is 0.318. The normalized spacial score (nSPS) is 14.2. The highest BCUT2D eigenvalue weighted by Gasteiger charge is 2.32. The van der Waals surface area contributed by atoms with Gasteiger partial charge in [-0.3, -0.25) is 14.6 Å². The lowest BCUT2D eigenvalue weighted by molar-refractivity contribution is -0.136. The number of rotatable bonds is 5. The Morgan fingerprint density at radius 3 is 2.50 bits per heavy atom. The molecule has 30 heavy (non-hydrogen) atoms. The van der Waals surface area contributed by atoms with Gasteiger partial charge in [0.15, 0.2) is 5.60 Å². The zero-order valence-corrected chi connectivity index (χ0v) is 17.1. The highest BCUT2D eigenvalue weighted by Crippen LogP contribution is 2.33. The molecule has 1 heterocycles. The number of aliphatic carboxylic acids is 1. The largest absolute Gasteiger partial charge is 0.506 e. The number of pyridine rings is 1. The maximum absolute atomic E-state index is 9.54. The molecule has 0 aliphatic heterocycles. The van der Waals surface area contributed by atoms with Gasteiger partial charge in [-0.15, -0.1) is 0 Å². The van der Waals surface area contributed by atoms with E-state index in [1.54, 1.807) is 12.3 Å². The van der Waals surface area contributed by atoms with Crippen molar-refractivity contribution >= 4 is 24.0 Å². The molecule has 0 atom stereocenters. The van der Waals surface area contributed by atoms with Crippen molar-refractivity contribution in [2.24, 2.45) is 0 Å². The van der Waals surface area contributed by atoms with Crippen molar-refractivity contribution in [3.8, 4) is 23.3 Å². The van der Waals surface area contributed by atoms with E-state index in [1.807, 2.05) is 29.6 Å². The van der Waals surface area contributed by atoms with Crippen LogP contribution in [0, 0.1) is 11.8 Å². The van der Waals surface area contributed by atoms with Gasteiger partial charge in [0.05, 0.1) is 6.20 Å². The standard InChI is InChI=1S/C19H18ClNO2.C3H5NO3/c20-16-4-6-18(7-5-16)23-19(9-2-1-3-10-19)11-8-15-12-17(22)14-21-13-15;5-2-4-1-3(6)7/h4-7,12-14,22H,1-3,9-10H2;2H,1H2,(H,4,5)(H,6,7). The van der Waals surface area contributed by atoms with Gasteiger partial charge in [0.1, 0.15) is 18.0 Å². The summed E-state index contributed by atoms with van der Waals surface area (Å²) in [5.74, 6) is 6.25. The molecule has 3 N–H and O–H groups in total. The molecule has 2 aromatic rings. The Balaban J connectivity index is 0.000000396. The highest BCUT2D eigenvalue weighted by molar-refractivity contribution is 6.30. The number of aromatic nitrogens is 1. The lowest BCUT2D eigenvalue weighted by Gasteiger charge is -2.33. The van der Waals surface area contributed by atoms with Gasteiger partial charge in [0.2, 0.25) is 6.41 Å². The first-order valence-electron chi connectivity index (χ1n) is 9.43. The van der Waals surface area contributed by atoms with E-state index in [-0.39, 0.29) is 12.3 Å². The molecule has 3 rings (SSSR count). The van der Waals surface area contributed by atoms with Gasteiger partial charge in [-0.2, -0.15) is 0 Å². The van der Waals surface area contributed by atoms with E-state index < -0.39 is 11.6 Å². The number of hydrogen-bond donors (Lipinski definition) is 3. The second-order valence-corrected chi connectivity index (χ2v) is 7.12. The predicted octanol–water partition coefficient (Wildman–Crippen LogP) is 3.39. The minimum atomic E-state index is -1.04. The zero-order valence-electron chi connectivity index (χ0n) is 16.3. The molecule has 1 saturated carbocycles. The number of carbonyl (C=O) groups excluding carboxylic acids is 1. The maximum Gasteiger partial charge on any atom is 0.322 e. The quantitative estimate of drug-likeness (QED) is 0.495. The van der Waals surface area contributed by atoms with Crippen LogP contribution in [0.2, 0.25) is 5.02 Å². The number of ether oxygens (including phenoxy) is 1. The lowest BCUT2D eigenvalue weighted by Crippen LogP contribution is -2.36. The summed E-state index contributed by atoms with van der Waals surface area (Å²) in [7, 11) is 0. The van der Waals surface area contributed by atoms with Crippen LogP contribution < -0.4 is 10.1 Å². The monoisotopic (exact) mass is 430 g/mol. The number of carbonyl (C=O) groups is 2. The molecule has 8 heteroatoms. The first-order chi connectivity index (χ1) is 14.4. The smallest absolute Gasteiger partial charge is 0.322 e. The number of carboxylic acids is 1. The first kappa shape index (κ1) is 23.0. The van der Waals surface area contributed by atoms with Crippen molar-refractivity contribution in [2.75, 3.05) is 6.54 Å². The number of amides is 1. The van der Waals surface area contributed by atoms with E-state index in [9.17, 15) is 14.7 Å². The second kappa shape index (κ2) is 11.7. The summed E-state index contributed by atoms with van der Waals surface area (Å²) in [4.78, 5) is 22.8. The Morgan fingerprint density at radius 2 is 1.93 bits per heavy atom. The number of nitrogens with one attached hydrogen (secondary N) is 1. The topological polar surface area (TPSA) is 109 Å². The molecule has 1 aromatic heterocycles. The van der Waals surface area contributed by atoms with Crippen LogP contribution in [-0.2, 0) is 9.59 Å². The molecule has 7 nitrogen and oxygen atoms in total. The molecule has 1 amide bonds. The van der Waals surface area contributed by atoms with Crippen molar-refractivity contribution in [2.45, 2.75) is 37.7 Å². The second-order valence-electron chi connectivity index (χ2n) is 6.69. The summed E-state index contributed by atoms with van der Waals surface area (Å²) in [6.07, 6.45) is 8.58. The van der Waals surface area contributed by atoms with Gasteiger partial charge in [-0.05, 0) is 61.9 Å². The molecular weight excluding hydrogens is 408 g/mol. The summed E-state index contributed by atoms with van der Waals surface area (Å²) in [6.45, 7) is -0.302. The zero-order chi connectivity index (χ0) is 21.8. The van der Waals surface area contributed by atoms with Crippen LogP contribution in [0.15, 0.2) is 42.7 Å². The lowest BCUT2D eigenvalue weighted by atomic mass is 9.85. The van der Waals surface area contributed by atoms with Gasteiger partial charge in [-0.25, -0.2) is 0 Å². The fourth-order valence-electron chi connectivity index (χ4n) is 2.91. The number of hydrogen-bond acceptors (Lipinski definition) is 5. The summed E-state index contributed by atoms with van der Waals surface area (Å²) < 4.78 is 6.23. The molecule has 1 aliphatic carbocycles. The highest BCUT2D eigenvalue weighted by atomic mass is 35.5. The molecule has 1 aromatic carbocycles. The number of aromatic hydroxyl groups is 1. The Labute approximate surface area is 180 Å². The summed E-state index contributed by atoms with van der Waals surface area (Å²) in [6, 6.07) is 8.99. The molecule has 0 spiro atoms. The SMILES string of the molecule is O=CNCC(=O)O.Oc1cncc(C#CC2(Oc3ccc(Cl)cc3)CCCCC2)c1. The number of halogens is 1. The van der Waals surface area contributed by atoms with E-state index in [0.29, 0.717) is 17.0 Å². The van der Waals surface area contributed by atoms with Crippen LogP contribution in [0.1, 0.15) is 37.7 Å². The molecule has 1 aliphatic rings. The molecular formula is C22H23ClN2O5. The summed E-state index contributed by atoms with van der Waals surface area (Å²) in [5, 5.41) is 20.0. The van der Waals surface area contributed by atoms with Crippen molar-refractivity contribution in [1.82, 2.24) is 10.3 Å². The molecule has 0 bridgehead atoms. The third-order valence-electron chi connectivity index (χ3n) is 4.28. The van der Waals surface area contributed by atoms with Crippen LogP contribution in [0.3, 0.4) is 0 Å². The average Bonchev–Trinajstić information content (AvgIpc) is 2.74. The van der Waals surface area contributed by atoms with Crippen molar-refractivity contribution in [3.05, 3.63) is 53.3 Å². The van der Waals surface area contributed by atoms with E-state index in [1.165, 1.54) is 12.6 Å². The first-order valence-corrected chi connectivity index (χ1v) is 9.81. The molecule has 1 fully saturated rings. The van der Waals surface area contributed by atoms with Gasteiger partial charge < -0.3 is 20.3 Å². The minimum absolute atomic E-state index is 0.119. The van der Waals surface area contributed by atoms with Crippen molar-refractivity contribution in [3.63, 3.8) is 0 Å². The van der Waals surface area contributed by atoms with Gasteiger partial charge >= 0.3 is 5.97 Å². The third kappa shape index (κ3) is 8.02. The van der Waals surface area contributed by atoms with Crippen molar-refractivity contribution in [1.29, 1.82) is 0 Å². The Morgan fingerprint density at radius 1 is 1.23 bits per heavy atom. The Kier molecular flexibility index (Phi) is 8.98. The van der Waals surface area contributed by atoms with Crippen LogP contribution in [-0.4, -0.2) is 39.7 Å². The van der Waals surface area contributed by atoms with E-state index in [4.69, 9.17) is 21.4 Å². The number of carboxylic acid groups (broad SMARTS) is 1. The maximum atomic E-state index is 9.54. The van der Waals surface area contributed by atoms with Gasteiger partial charge in [0.25, 0.3) is 0 Å². The van der Waals surface area contributed by atoms with Gasteiger partial charge in [0, 0.05) is 16.8 Å². The van der Waals surface area contributed by atoms with Crippen LogP contribution in [0.25, 0.3) is 0 Å². The molecule has 158 valence electrons.